The molecule has 2 N–H and O–H groups in total. The van der Waals surface area contributed by atoms with Crippen molar-refractivity contribution >= 4 is 22.4 Å². The molecule has 1 aromatic carbocycles. The Labute approximate surface area is 152 Å². The number of carboxylic acid groups (broad SMARTS) is 1. The second kappa shape index (κ2) is 5.85. The van der Waals surface area contributed by atoms with Gasteiger partial charge in [-0.2, -0.15) is 10.4 Å². The van der Waals surface area contributed by atoms with Crippen molar-refractivity contribution in [2.24, 2.45) is 0 Å². The molecular formula is C19H13FN4O3. The summed E-state index contributed by atoms with van der Waals surface area (Å²) in [6, 6.07) is 6.76. The smallest absolute Gasteiger partial charge is 0.337 e. The second-order valence-electron chi connectivity index (χ2n) is 6.16. The zero-order chi connectivity index (χ0) is 19.3. The number of aryl methyl sites for hydroxylation is 2. The summed E-state index contributed by atoms with van der Waals surface area (Å²) in [6.45, 7) is 3.40. The highest BCUT2D eigenvalue weighted by atomic mass is 19.1. The van der Waals surface area contributed by atoms with Crippen LogP contribution in [0.4, 0.5) is 4.39 Å². The van der Waals surface area contributed by atoms with Gasteiger partial charge in [-0.3, -0.25) is 0 Å². The molecule has 0 fully saturated rings. The molecule has 0 saturated carbocycles. The van der Waals surface area contributed by atoms with E-state index in [9.17, 15) is 19.6 Å². The maximum Gasteiger partial charge on any atom is 0.337 e. The number of aromatic nitrogens is 3. The van der Waals surface area contributed by atoms with E-state index in [1.165, 1.54) is 23.0 Å². The zero-order valence-corrected chi connectivity index (χ0v) is 14.4. The molecule has 134 valence electrons. The van der Waals surface area contributed by atoms with E-state index in [2.05, 4.69) is 10.1 Å². The first-order valence-corrected chi connectivity index (χ1v) is 8.00. The molecule has 27 heavy (non-hydrogen) atoms. The second-order valence-corrected chi connectivity index (χ2v) is 6.16. The summed E-state index contributed by atoms with van der Waals surface area (Å²) in [5, 5.41) is 23.2. The quantitative estimate of drug-likeness (QED) is 0.573. The van der Waals surface area contributed by atoms with E-state index in [0.29, 0.717) is 22.0 Å². The van der Waals surface area contributed by atoms with Crippen LogP contribution in [0.25, 0.3) is 16.4 Å². The number of benzene rings is 1. The molecular weight excluding hydrogens is 351 g/mol. The maximum absolute atomic E-state index is 14.9. The first-order chi connectivity index (χ1) is 12.9. The van der Waals surface area contributed by atoms with Gasteiger partial charge in [0.05, 0.1) is 11.8 Å². The number of fused-ring (bicyclic) bond motifs is 2. The topological polar surface area (TPSA) is 103 Å². The molecule has 0 amide bonds. The van der Waals surface area contributed by atoms with E-state index in [1.807, 2.05) is 13.0 Å². The Bertz CT molecular complexity index is 1280. The van der Waals surface area contributed by atoms with Gasteiger partial charge in [0.2, 0.25) is 0 Å². The largest absolute Gasteiger partial charge is 0.478 e. The number of carboxylic acids is 1. The molecule has 3 aromatic heterocycles. The monoisotopic (exact) mass is 364 g/mol. The van der Waals surface area contributed by atoms with Crippen LogP contribution in [-0.4, -0.2) is 25.7 Å². The van der Waals surface area contributed by atoms with Crippen LogP contribution in [0.3, 0.4) is 0 Å². The van der Waals surface area contributed by atoms with Crippen molar-refractivity contribution in [2.75, 3.05) is 0 Å². The van der Waals surface area contributed by atoms with Gasteiger partial charge in [-0.15, -0.1) is 0 Å². The lowest BCUT2D eigenvalue weighted by Crippen LogP contribution is -1.99. The van der Waals surface area contributed by atoms with Gasteiger partial charge in [0.15, 0.2) is 17.3 Å². The Morgan fingerprint density at radius 2 is 2.19 bits per heavy atom. The van der Waals surface area contributed by atoms with Crippen molar-refractivity contribution < 1.29 is 19.0 Å². The standard InChI is InChI=1S/C19H13FN4O3/c1-9-5-12-14(23-9)3-4-15(16(12)20)27-18-11(6-21)7-22-24-8-13(19(25)26)10(2)17(18)24/h3-5,7-8,23H,1-2H3,(H,25,26). The molecule has 0 aliphatic rings. The number of nitriles is 1. The first kappa shape index (κ1) is 16.6. The molecule has 7 nitrogen and oxygen atoms in total. The minimum absolute atomic E-state index is 0.0274. The fourth-order valence-electron chi connectivity index (χ4n) is 3.13. The van der Waals surface area contributed by atoms with Crippen molar-refractivity contribution in [1.82, 2.24) is 14.6 Å². The summed E-state index contributed by atoms with van der Waals surface area (Å²) in [5.41, 5.74) is 2.21. The van der Waals surface area contributed by atoms with Crippen LogP contribution in [0.2, 0.25) is 0 Å². The van der Waals surface area contributed by atoms with Gasteiger partial charge < -0.3 is 14.8 Å². The number of hydrogen-bond acceptors (Lipinski definition) is 4. The molecule has 0 bridgehead atoms. The summed E-state index contributed by atoms with van der Waals surface area (Å²) < 4.78 is 22.0. The maximum atomic E-state index is 14.9. The molecule has 8 heteroatoms. The van der Waals surface area contributed by atoms with Gasteiger partial charge in [-0.25, -0.2) is 13.7 Å². The lowest BCUT2D eigenvalue weighted by atomic mass is 10.1. The fraction of sp³-hybridized carbons (Fsp3) is 0.105. The van der Waals surface area contributed by atoms with Crippen LogP contribution in [0.5, 0.6) is 11.5 Å². The van der Waals surface area contributed by atoms with Crippen LogP contribution >= 0.6 is 0 Å². The van der Waals surface area contributed by atoms with E-state index in [0.717, 1.165) is 5.69 Å². The molecule has 4 rings (SSSR count). The number of rotatable bonds is 3. The van der Waals surface area contributed by atoms with Crippen LogP contribution < -0.4 is 4.74 Å². The minimum Gasteiger partial charge on any atom is -0.478 e. The Morgan fingerprint density at radius 3 is 2.89 bits per heavy atom. The molecule has 0 saturated heterocycles. The number of nitrogens with zero attached hydrogens (tertiary/aromatic N) is 3. The summed E-state index contributed by atoms with van der Waals surface area (Å²) in [4.78, 5) is 14.4. The Balaban J connectivity index is 1.95. The lowest BCUT2D eigenvalue weighted by molar-refractivity contribution is 0.0696. The minimum atomic E-state index is -1.13. The van der Waals surface area contributed by atoms with Crippen molar-refractivity contribution in [2.45, 2.75) is 13.8 Å². The molecule has 0 spiro atoms. The highest BCUT2D eigenvalue weighted by Crippen LogP contribution is 2.36. The summed E-state index contributed by atoms with van der Waals surface area (Å²) in [7, 11) is 0. The molecule has 0 atom stereocenters. The van der Waals surface area contributed by atoms with Crippen LogP contribution in [0.15, 0.2) is 30.6 Å². The fourth-order valence-corrected chi connectivity index (χ4v) is 3.13. The third-order valence-corrected chi connectivity index (χ3v) is 4.41. The van der Waals surface area contributed by atoms with Gasteiger partial charge >= 0.3 is 5.97 Å². The SMILES string of the molecule is Cc1cc2c(F)c(Oc3c(C#N)cnn4cc(C(=O)O)c(C)c34)ccc2[nH]1. The highest BCUT2D eigenvalue weighted by molar-refractivity contribution is 5.93. The van der Waals surface area contributed by atoms with Crippen molar-refractivity contribution in [1.29, 1.82) is 5.26 Å². The number of ether oxygens (including phenoxy) is 1. The molecule has 3 heterocycles. The van der Waals surface area contributed by atoms with Gasteiger partial charge in [0.1, 0.15) is 17.1 Å². The predicted molar refractivity (Wildman–Crippen MR) is 94.7 cm³/mol. The number of aromatic amines is 1. The van der Waals surface area contributed by atoms with Crippen LogP contribution in [0, 0.1) is 31.0 Å². The van der Waals surface area contributed by atoms with E-state index < -0.39 is 11.8 Å². The van der Waals surface area contributed by atoms with Crippen LogP contribution in [0.1, 0.15) is 27.2 Å². The zero-order valence-electron chi connectivity index (χ0n) is 14.4. The normalized spacial score (nSPS) is 11.0. The Hall–Kier alpha value is -3.86. The Kier molecular flexibility index (Phi) is 3.59. The van der Waals surface area contributed by atoms with Crippen molar-refractivity contribution in [3.8, 4) is 17.6 Å². The molecule has 0 unspecified atom stereocenters. The number of nitrogens with one attached hydrogen (secondary N) is 1. The Morgan fingerprint density at radius 1 is 1.41 bits per heavy atom. The van der Waals surface area contributed by atoms with E-state index in [4.69, 9.17) is 4.74 Å². The predicted octanol–water partition coefficient (Wildman–Crippen LogP) is 3.93. The first-order valence-electron chi connectivity index (χ1n) is 8.00. The average Bonchev–Trinajstić information content (AvgIpc) is 3.18. The number of carbonyl (C=O) groups is 1. The summed E-state index contributed by atoms with van der Waals surface area (Å²) in [6.07, 6.45) is 2.58. The number of H-pyrrole nitrogens is 1. The average molecular weight is 364 g/mol. The van der Waals surface area contributed by atoms with Gasteiger partial charge in [0.25, 0.3) is 0 Å². The van der Waals surface area contributed by atoms with Gasteiger partial charge in [-0.05, 0) is 37.6 Å². The van der Waals surface area contributed by atoms with Gasteiger partial charge in [-0.1, -0.05) is 0 Å². The number of aromatic carboxylic acids is 1. The van der Waals surface area contributed by atoms with E-state index >= 15 is 0 Å². The molecule has 0 aliphatic heterocycles. The summed E-state index contributed by atoms with van der Waals surface area (Å²) >= 11 is 0. The molecule has 0 aliphatic carbocycles. The highest BCUT2D eigenvalue weighted by Gasteiger charge is 2.22. The van der Waals surface area contributed by atoms with E-state index in [-0.39, 0.29) is 22.6 Å². The third kappa shape index (κ3) is 2.48. The molecule has 4 aromatic rings. The van der Waals surface area contributed by atoms with Crippen LogP contribution in [-0.2, 0) is 0 Å². The third-order valence-electron chi connectivity index (χ3n) is 4.41. The number of hydrogen-bond donors (Lipinski definition) is 2. The van der Waals surface area contributed by atoms with Gasteiger partial charge in [0, 0.05) is 22.8 Å². The number of halogens is 1. The lowest BCUT2D eigenvalue weighted by Gasteiger charge is -2.11. The van der Waals surface area contributed by atoms with Crippen molar-refractivity contribution in [3.63, 3.8) is 0 Å². The van der Waals surface area contributed by atoms with Crippen molar-refractivity contribution in [3.05, 3.63) is 58.8 Å². The molecule has 0 radical (unpaired) electrons. The van der Waals surface area contributed by atoms with E-state index in [1.54, 1.807) is 19.1 Å². The summed E-state index contributed by atoms with van der Waals surface area (Å²) in [5.74, 6) is -1.71.